The lowest BCUT2D eigenvalue weighted by molar-refractivity contribution is -0.135. The highest BCUT2D eigenvalue weighted by Crippen LogP contribution is 2.15. The minimum absolute atomic E-state index is 0.121. The first-order valence-corrected chi connectivity index (χ1v) is 13.6. The molecule has 4 N–H and O–H groups in total. The predicted molar refractivity (Wildman–Crippen MR) is 154 cm³/mol. The monoisotopic (exact) mass is 525 g/mol. The van der Waals surface area contributed by atoms with E-state index in [1.165, 1.54) is 43.9 Å². The average molecular weight is 526 g/mol. The van der Waals surface area contributed by atoms with Crippen LogP contribution in [0.15, 0.2) is 48.1 Å². The Morgan fingerprint density at radius 3 is 2.34 bits per heavy atom. The molecule has 7 nitrogen and oxygen atoms in total. The second-order valence-corrected chi connectivity index (χ2v) is 9.21. The van der Waals surface area contributed by atoms with Gasteiger partial charge in [0.05, 0.1) is 6.54 Å². The van der Waals surface area contributed by atoms with Gasteiger partial charge in [-0.25, -0.2) is 5.48 Å². The molecule has 0 spiro atoms. The van der Waals surface area contributed by atoms with Crippen molar-refractivity contribution < 1.29 is 19.6 Å². The lowest BCUT2D eigenvalue weighted by atomic mass is 9.95. The van der Waals surface area contributed by atoms with Gasteiger partial charge in [0.15, 0.2) is 0 Å². The van der Waals surface area contributed by atoms with Gasteiger partial charge >= 0.3 is 0 Å². The number of allylic oxidation sites excluding steroid dienone is 4. The van der Waals surface area contributed by atoms with E-state index in [1.54, 1.807) is 5.48 Å². The van der Waals surface area contributed by atoms with Gasteiger partial charge in [0.2, 0.25) is 17.7 Å². The maximum absolute atomic E-state index is 12.1. The highest BCUT2D eigenvalue weighted by molar-refractivity contribution is 5.88. The van der Waals surface area contributed by atoms with E-state index >= 15 is 0 Å². The Morgan fingerprint density at radius 2 is 1.76 bits per heavy atom. The zero-order valence-corrected chi connectivity index (χ0v) is 23.6. The fourth-order valence-electron chi connectivity index (χ4n) is 3.64. The van der Waals surface area contributed by atoms with Crippen LogP contribution in [0.2, 0.25) is 0 Å². The van der Waals surface area contributed by atoms with Gasteiger partial charge in [0.25, 0.3) is 0 Å². The van der Waals surface area contributed by atoms with Crippen molar-refractivity contribution in [1.82, 2.24) is 16.1 Å². The van der Waals surface area contributed by atoms with Gasteiger partial charge in [-0.1, -0.05) is 81.0 Å². The minimum Gasteiger partial charge on any atom is -0.358 e. The molecule has 0 aromatic heterocycles. The summed E-state index contributed by atoms with van der Waals surface area (Å²) in [5.74, 6) is 0.713. The van der Waals surface area contributed by atoms with Crippen molar-refractivity contribution in [2.75, 3.05) is 13.6 Å². The van der Waals surface area contributed by atoms with Crippen molar-refractivity contribution in [3.05, 3.63) is 59.2 Å². The number of carbonyl (C=O) groups is 3. The zero-order chi connectivity index (χ0) is 28.6. The first kappa shape index (κ1) is 34.6. The number of unbranched alkanes of at least 4 members (excludes halogenated alkanes) is 3. The van der Waals surface area contributed by atoms with Crippen LogP contribution in [0.5, 0.6) is 0 Å². The van der Waals surface area contributed by atoms with Crippen LogP contribution in [0.4, 0.5) is 0 Å². The summed E-state index contributed by atoms with van der Waals surface area (Å²) in [6.07, 6.45) is 20.8. The van der Waals surface area contributed by atoms with E-state index < -0.39 is 11.8 Å². The molecule has 1 aromatic rings. The topological polar surface area (TPSA) is 108 Å². The third-order valence-electron chi connectivity index (χ3n) is 5.92. The van der Waals surface area contributed by atoms with Crippen LogP contribution < -0.4 is 16.1 Å². The van der Waals surface area contributed by atoms with Gasteiger partial charge in [0.1, 0.15) is 0 Å². The molecule has 7 heteroatoms. The Morgan fingerprint density at radius 1 is 1.05 bits per heavy atom. The number of hydrogen-bond acceptors (Lipinski definition) is 4. The zero-order valence-electron chi connectivity index (χ0n) is 23.6. The molecule has 1 rings (SSSR count). The van der Waals surface area contributed by atoms with Crippen molar-refractivity contribution in [3.63, 3.8) is 0 Å². The molecule has 1 aromatic carbocycles. The van der Waals surface area contributed by atoms with E-state index in [1.807, 2.05) is 37.3 Å². The van der Waals surface area contributed by atoms with E-state index in [-0.39, 0.29) is 24.8 Å². The molecule has 0 heterocycles. The summed E-state index contributed by atoms with van der Waals surface area (Å²) in [5.41, 5.74) is 5.19. The summed E-state index contributed by atoms with van der Waals surface area (Å²) in [7, 11) is 1.48. The molecule has 3 amide bonds. The Hall–Kier alpha value is -3.37. The smallest absolute Gasteiger partial charge is 0.244 e. The lowest BCUT2D eigenvalue weighted by Gasteiger charge is -2.15. The molecule has 0 aliphatic carbocycles. The number of rotatable bonds is 16. The molecule has 0 bridgehead atoms. The summed E-state index contributed by atoms with van der Waals surface area (Å²) in [6, 6.07) is 8.14. The summed E-state index contributed by atoms with van der Waals surface area (Å²) >= 11 is 0. The van der Waals surface area contributed by atoms with Crippen LogP contribution in [0.25, 0.3) is 0 Å². The first-order chi connectivity index (χ1) is 18.3. The van der Waals surface area contributed by atoms with Crippen LogP contribution in [-0.2, 0) is 20.8 Å². The molecule has 0 aliphatic rings. The number of nitrogens with one attached hydrogen (secondary N) is 3. The Labute approximate surface area is 229 Å². The Balaban J connectivity index is 0.000000835. The molecule has 0 unspecified atom stereocenters. The molecule has 0 radical (unpaired) electrons. The molecular formula is C31H47N3O4. The number of hydrogen-bond donors (Lipinski definition) is 4. The van der Waals surface area contributed by atoms with Gasteiger partial charge in [0, 0.05) is 19.4 Å². The van der Waals surface area contributed by atoms with E-state index in [0.29, 0.717) is 6.42 Å². The fourth-order valence-corrected chi connectivity index (χ4v) is 3.64. The van der Waals surface area contributed by atoms with Crippen LogP contribution in [0.3, 0.4) is 0 Å². The number of aryl methyl sites for hydroxylation is 2. The maximum Gasteiger partial charge on any atom is 0.244 e. The van der Waals surface area contributed by atoms with Crippen molar-refractivity contribution in [2.45, 2.75) is 85.0 Å². The number of hydroxylamine groups is 1. The Bertz CT molecular complexity index is 914. The highest BCUT2D eigenvalue weighted by atomic mass is 16.5. The first-order valence-electron chi connectivity index (χ1n) is 13.6. The van der Waals surface area contributed by atoms with Gasteiger partial charge in [-0.15, -0.1) is 6.42 Å². The van der Waals surface area contributed by atoms with E-state index in [0.717, 1.165) is 31.2 Å². The van der Waals surface area contributed by atoms with Gasteiger partial charge in [-0.05, 0) is 62.7 Å². The third kappa shape index (κ3) is 18.0. The SMILES string of the molecule is C#C/C=C(\C=C/CC)CCCCCC.CNC(=O)CNC(=O)[C@H](CCCc1ccc(C)cc1)CC(=O)NO. The molecule has 210 valence electrons. The number of amides is 3. The predicted octanol–water partition coefficient (Wildman–Crippen LogP) is 5.17. The quantitative estimate of drug-likeness (QED) is 0.0785. The van der Waals surface area contributed by atoms with Crippen LogP contribution >= 0.6 is 0 Å². The minimum atomic E-state index is -0.620. The molecule has 0 saturated carbocycles. The lowest BCUT2D eigenvalue weighted by Crippen LogP contribution is -2.39. The number of benzene rings is 1. The van der Waals surface area contributed by atoms with Crippen molar-refractivity contribution in [3.8, 4) is 12.3 Å². The number of likely N-dealkylation sites (N-methyl/N-ethyl adjacent to an activating group) is 1. The van der Waals surface area contributed by atoms with Crippen molar-refractivity contribution in [1.29, 1.82) is 0 Å². The van der Waals surface area contributed by atoms with Crippen molar-refractivity contribution >= 4 is 17.7 Å². The fraction of sp³-hybridized carbons (Fsp3) is 0.516. The number of carbonyl (C=O) groups excluding carboxylic acids is 3. The van der Waals surface area contributed by atoms with Gasteiger partial charge in [-0.3, -0.25) is 19.6 Å². The molecule has 0 fully saturated rings. The van der Waals surface area contributed by atoms with Gasteiger partial charge < -0.3 is 10.6 Å². The number of terminal acetylenes is 1. The summed E-state index contributed by atoms with van der Waals surface area (Å²) in [4.78, 5) is 34.7. The third-order valence-corrected chi connectivity index (χ3v) is 5.92. The molecular weight excluding hydrogens is 478 g/mol. The van der Waals surface area contributed by atoms with E-state index in [9.17, 15) is 14.4 Å². The van der Waals surface area contributed by atoms with Crippen LogP contribution in [0, 0.1) is 25.2 Å². The normalized spacial score (nSPS) is 11.6. The molecule has 38 heavy (non-hydrogen) atoms. The molecule has 0 saturated heterocycles. The summed E-state index contributed by atoms with van der Waals surface area (Å²) < 4.78 is 0. The Kier molecular flexibility index (Phi) is 20.8. The van der Waals surface area contributed by atoms with Crippen LogP contribution in [-0.4, -0.2) is 36.5 Å². The largest absolute Gasteiger partial charge is 0.358 e. The highest BCUT2D eigenvalue weighted by Gasteiger charge is 2.21. The van der Waals surface area contributed by atoms with E-state index in [4.69, 9.17) is 11.6 Å². The van der Waals surface area contributed by atoms with Gasteiger partial charge in [-0.2, -0.15) is 0 Å². The molecule has 0 aliphatic heterocycles. The van der Waals surface area contributed by atoms with Crippen LogP contribution in [0.1, 0.15) is 82.8 Å². The van der Waals surface area contributed by atoms with Crippen molar-refractivity contribution in [2.24, 2.45) is 5.92 Å². The second kappa shape index (κ2) is 22.8. The molecule has 1 atom stereocenters. The standard InChI is InChI=1S/C17H25N3O4.C14H22/c1-12-6-8-13(9-7-12)4-3-5-14(10-15(21)20-24)17(23)19-11-16(22)18-2;1-4-7-9-10-13-14(11-6-3)12-8-5-2/h6-9,14,24H,3-5,10-11H2,1-2H3,(H,18,22)(H,19,23)(H,20,21);3,8,11-12H,4-5,7,9-10,13H2,1-2H3/b;12-8-,14-11+/t14-;/m1./s1. The average Bonchev–Trinajstić information content (AvgIpc) is 2.93. The maximum atomic E-state index is 12.1. The summed E-state index contributed by atoms with van der Waals surface area (Å²) in [6.45, 7) is 6.25. The van der Waals surface area contributed by atoms with E-state index in [2.05, 4.69) is 42.6 Å². The summed E-state index contributed by atoms with van der Waals surface area (Å²) in [5, 5.41) is 13.6. The second-order valence-electron chi connectivity index (χ2n) is 9.21.